The quantitative estimate of drug-likeness (QED) is 0.326. The largest absolute Gasteiger partial charge is 0.619 e. The van der Waals surface area contributed by atoms with Gasteiger partial charge in [0.2, 0.25) is 12.1 Å². The lowest BCUT2D eigenvalue weighted by Crippen LogP contribution is -2.54. The SMILES string of the molecule is CC(C)(C)C#Cc1cc(N(C(=O)[C@H]2CC[C@H](C)CC2)[C@H]2C[C@@H](Oc3ccc[n+]([O-])c3)C2)c(C(=O)O)s1. The van der Waals surface area contributed by atoms with Crippen molar-refractivity contribution >= 4 is 28.9 Å². The molecule has 2 saturated carbocycles. The molecule has 1 amide bonds. The summed E-state index contributed by atoms with van der Waals surface area (Å²) in [4.78, 5) is 28.6. The zero-order valence-electron chi connectivity index (χ0n) is 21.3. The second-order valence-corrected chi connectivity index (χ2v) is 12.1. The minimum Gasteiger partial charge on any atom is -0.619 e. The van der Waals surface area contributed by atoms with E-state index >= 15 is 0 Å². The first-order valence-corrected chi connectivity index (χ1v) is 13.4. The van der Waals surface area contributed by atoms with Gasteiger partial charge in [0.05, 0.1) is 10.6 Å². The van der Waals surface area contributed by atoms with Gasteiger partial charge in [0, 0.05) is 36.3 Å². The van der Waals surface area contributed by atoms with Gasteiger partial charge in [-0.1, -0.05) is 18.8 Å². The van der Waals surface area contributed by atoms with E-state index < -0.39 is 5.97 Å². The number of rotatable bonds is 6. The predicted octanol–water partition coefficient (Wildman–Crippen LogP) is 5.25. The van der Waals surface area contributed by atoms with Crippen LogP contribution in [0.4, 0.5) is 5.69 Å². The smallest absolute Gasteiger partial charge is 0.348 e. The Morgan fingerprint density at radius 1 is 1.22 bits per heavy atom. The average molecular weight is 511 g/mol. The van der Waals surface area contributed by atoms with Crippen LogP contribution in [-0.2, 0) is 4.79 Å². The highest BCUT2D eigenvalue weighted by Gasteiger charge is 2.42. The van der Waals surface area contributed by atoms with Gasteiger partial charge in [-0.25, -0.2) is 4.79 Å². The molecule has 36 heavy (non-hydrogen) atoms. The minimum atomic E-state index is -1.05. The molecule has 0 bridgehead atoms. The number of anilines is 1. The van der Waals surface area contributed by atoms with Crippen molar-refractivity contribution in [2.75, 3.05) is 4.90 Å². The number of carbonyl (C=O) groups is 2. The van der Waals surface area contributed by atoms with Gasteiger partial charge >= 0.3 is 5.97 Å². The number of aromatic nitrogens is 1. The van der Waals surface area contributed by atoms with Crippen LogP contribution in [0.15, 0.2) is 30.6 Å². The van der Waals surface area contributed by atoms with Crippen molar-refractivity contribution in [1.82, 2.24) is 0 Å². The van der Waals surface area contributed by atoms with Crippen LogP contribution < -0.4 is 14.4 Å². The molecule has 1 N–H and O–H groups in total. The summed E-state index contributed by atoms with van der Waals surface area (Å²) in [5, 5.41) is 21.6. The van der Waals surface area contributed by atoms with E-state index in [1.54, 1.807) is 23.1 Å². The van der Waals surface area contributed by atoms with Crippen LogP contribution in [0.2, 0.25) is 0 Å². The van der Waals surface area contributed by atoms with Crippen molar-refractivity contribution in [1.29, 1.82) is 0 Å². The molecule has 0 aliphatic heterocycles. The number of hydrogen-bond acceptors (Lipinski definition) is 5. The molecular formula is C28H34N2O5S. The molecule has 192 valence electrons. The fraction of sp³-hybridized carbons (Fsp3) is 0.536. The maximum atomic E-state index is 13.9. The molecule has 0 atom stereocenters. The highest BCUT2D eigenvalue weighted by molar-refractivity contribution is 7.15. The fourth-order valence-corrected chi connectivity index (χ4v) is 5.61. The molecule has 2 fully saturated rings. The van der Waals surface area contributed by atoms with Gasteiger partial charge in [0.25, 0.3) is 0 Å². The number of aromatic carboxylic acids is 1. The molecule has 2 aliphatic carbocycles. The van der Waals surface area contributed by atoms with Crippen molar-refractivity contribution in [3.8, 4) is 17.6 Å². The lowest BCUT2D eigenvalue weighted by Gasteiger charge is -2.44. The third kappa shape index (κ3) is 6.19. The van der Waals surface area contributed by atoms with Crippen LogP contribution in [0.25, 0.3) is 0 Å². The third-order valence-corrected chi connectivity index (χ3v) is 7.84. The number of carboxylic acids is 1. The molecule has 0 unspecified atom stereocenters. The molecule has 2 aliphatic rings. The Bertz CT molecular complexity index is 1170. The van der Waals surface area contributed by atoms with Gasteiger partial charge in [-0.3, -0.25) is 4.79 Å². The second kappa shape index (κ2) is 10.5. The molecule has 0 saturated heterocycles. The molecular weight excluding hydrogens is 476 g/mol. The summed E-state index contributed by atoms with van der Waals surface area (Å²) in [6.07, 6.45) is 7.41. The predicted molar refractivity (Wildman–Crippen MR) is 139 cm³/mol. The van der Waals surface area contributed by atoms with E-state index in [4.69, 9.17) is 4.74 Å². The lowest BCUT2D eigenvalue weighted by atomic mass is 9.80. The van der Waals surface area contributed by atoms with Gasteiger partial charge in [-0.15, -0.1) is 11.3 Å². The average Bonchev–Trinajstić information content (AvgIpc) is 3.20. The zero-order valence-corrected chi connectivity index (χ0v) is 22.1. The lowest BCUT2D eigenvalue weighted by molar-refractivity contribution is -0.605. The van der Waals surface area contributed by atoms with E-state index in [-0.39, 0.29) is 34.3 Å². The Morgan fingerprint density at radius 2 is 1.92 bits per heavy atom. The first-order chi connectivity index (χ1) is 17.0. The maximum Gasteiger partial charge on any atom is 0.348 e. The highest BCUT2D eigenvalue weighted by Crippen LogP contribution is 2.40. The normalized spacial score (nSPS) is 23.7. The first kappa shape index (κ1) is 26.0. The Balaban J connectivity index is 1.61. The number of hydrogen-bond donors (Lipinski definition) is 1. The summed E-state index contributed by atoms with van der Waals surface area (Å²) in [7, 11) is 0. The van der Waals surface area contributed by atoms with Gasteiger partial charge in [0.1, 0.15) is 11.0 Å². The molecule has 0 radical (unpaired) electrons. The van der Waals surface area contributed by atoms with E-state index in [1.807, 2.05) is 20.8 Å². The zero-order chi connectivity index (χ0) is 26.0. The van der Waals surface area contributed by atoms with E-state index in [2.05, 4.69) is 18.8 Å². The Labute approximate surface area is 216 Å². The summed E-state index contributed by atoms with van der Waals surface area (Å²) < 4.78 is 6.64. The van der Waals surface area contributed by atoms with Gasteiger partial charge in [-0.2, -0.15) is 4.73 Å². The van der Waals surface area contributed by atoms with Crippen molar-refractivity contribution in [2.24, 2.45) is 17.3 Å². The number of ether oxygens (including phenoxy) is 1. The first-order valence-electron chi connectivity index (χ1n) is 12.6. The summed E-state index contributed by atoms with van der Waals surface area (Å²) >= 11 is 1.12. The number of thiophene rings is 1. The van der Waals surface area contributed by atoms with Crippen molar-refractivity contribution in [2.45, 2.75) is 78.4 Å². The summed E-state index contributed by atoms with van der Waals surface area (Å²) in [5.74, 6) is 6.20. The van der Waals surface area contributed by atoms with Crippen LogP contribution >= 0.6 is 11.3 Å². The van der Waals surface area contributed by atoms with Crippen LogP contribution in [0.5, 0.6) is 5.75 Å². The van der Waals surface area contributed by atoms with Crippen LogP contribution in [-0.4, -0.2) is 29.1 Å². The van der Waals surface area contributed by atoms with Crippen LogP contribution in [0.1, 0.15) is 80.8 Å². The third-order valence-electron chi connectivity index (χ3n) is 6.82. The fourth-order valence-electron chi connectivity index (χ4n) is 4.76. The molecule has 0 spiro atoms. The van der Waals surface area contributed by atoms with Crippen LogP contribution in [0.3, 0.4) is 0 Å². The molecule has 2 heterocycles. The summed E-state index contributed by atoms with van der Waals surface area (Å²) in [6.45, 7) is 8.22. The Morgan fingerprint density at radius 3 is 2.53 bits per heavy atom. The number of carboxylic acid groups (broad SMARTS) is 1. The topological polar surface area (TPSA) is 93.8 Å². The molecule has 0 aromatic carbocycles. The van der Waals surface area contributed by atoms with Gasteiger partial charge < -0.3 is 20.0 Å². The van der Waals surface area contributed by atoms with E-state index in [1.165, 1.54) is 12.4 Å². The molecule has 2 aromatic rings. The van der Waals surface area contributed by atoms with Gasteiger partial charge in [0.15, 0.2) is 11.9 Å². The van der Waals surface area contributed by atoms with E-state index in [0.717, 1.165) is 37.0 Å². The second-order valence-electron chi connectivity index (χ2n) is 11.1. The minimum absolute atomic E-state index is 0.00177. The number of nitrogens with zero attached hydrogens (tertiary/aromatic N) is 2. The van der Waals surface area contributed by atoms with Crippen molar-refractivity contribution in [3.05, 3.63) is 45.6 Å². The number of amides is 1. The molecule has 2 aromatic heterocycles. The molecule has 7 nitrogen and oxygen atoms in total. The van der Waals surface area contributed by atoms with E-state index in [0.29, 0.717) is 39.8 Å². The summed E-state index contributed by atoms with van der Waals surface area (Å²) in [6, 6.07) is 4.96. The molecule has 4 rings (SSSR count). The number of carbonyl (C=O) groups excluding carboxylic acids is 1. The number of pyridine rings is 1. The van der Waals surface area contributed by atoms with E-state index in [9.17, 15) is 19.9 Å². The van der Waals surface area contributed by atoms with Crippen molar-refractivity contribution in [3.63, 3.8) is 0 Å². The monoisotopic (exact) mass is 510 g/mol. The highest BCUT2D eigenvalue weighted by atomic mass is 32.1. The Kier molecular flexibility index (Phi) is 7.60. The van der Waals surface area contributed by atoms with Gasteiger partial charge in [-0.05, 0) is 64.5 Å². The maximum absolute atomic E-state index is 13.9. The Hall–Kier alpha value is -3.05. The van der Waals surface area contributed by atoms with Crippen LogP contribution in [0, 0.1) is 34.3 Å². The van der Waals surface area contributed by atoms with Crippen molar-refractivity contribution < 1.29 is 24.2 Å². The summed E-state index contributed by atoms with van der Waals surface area (Å²) in [5.41, 5.74) is 0.218. The molecule has 8 heteroatoms. The standard InChI is InChI=1S/C28H34N2O5S/c1-18-7-9-19(10-8-18)26(31)30(20-14-22(15-20)35-21-6-5-13-29(34)17-21)24-16-23(11-12-28(2,3)4)36-25(24)27(32)33/h5-6,13,16-20,22H,7-10,14-15H2,1-4H3,(H,32,33)/t18-,19-,20-,22+.